The number of carbonyl (C=O) groups excluding carboxylic acids is 1. The van der Waals surface area contributed by atoms with E-state index in [1.165, 1.54) is 24.3 Å². The van der Waals surface area contributed by atoms with Gasteiger partial charge in [0.1, 0.15) is 0 Å². The van der Waals surface area contributed by atoms with Crippen LogP contribution in [0.1, 0.15) is 96.2 Å². The van der Waals surface area contributed by atoms with E-state index in [9.17, 15) is 14.9 Å². The van der Waals surface area contributed by atoms with E-state index in [1.54, 1.807) is 0 Å². The first kappa shape index (κ1) is 30.7. The van der Waals surface area contributed by atoms with Crippen LogP contribution < -0.4 is 0 Å². The Morgan fingerprint density at radius 2 is 1.10 bits per heavy atom. The highest BCUT2D eigenvalue weighted by Gasteiger charge is 2.41. The molecule has 0 unspecified atom stereocenters. The van der Waals surface area contributed by atoms with E-state index in [2.05, 4.69) is 62.3 Å². The molecule has 0 N–H and O–H groups in total. The lowest BCUT2D eigenvalue weighted by Crippen LogP contribution is -2.50. The molecule has 0 bridgehead atoms. The first-order chi connectivity index (χ1) is 19.4. The highest BCUT2D eigenvalue weighted by Crippen LogP contribution is 2.32. The van der Waals surface area contributed by atoms with E-state index in [0.29, 0.717) is 0 Å². The Morgan fingerprint density at radius 1 is 0.714 bits per heavy atom. The molecule has 0 fully saturated rings. The maximum absolute atomic E-state index is 13.0. The molecule has 0 amide bonds. The molecule has 0 aliphatic rings. The summed E-state index contributed by atoms with van der Waals surface area (Å²) in [6.45, 7) is 18.9. The van der Waals surface area contributed by atoms with Crippen LogP contribution in [-0.4, -0.2) is 46.8 Å². The Hall–Kier alpha value is -4.28. The Kier molecular flexibility index (Phi) is 7.92. The van der Waals surface area contributed by atoms with Gasteiger partial charge in [0.05, 0.1) is 34.2 Å². The van der Waals surface area contributed by atoms with Crippen molar-refractivity contribution in [3.63, 3.8) is 0 Å². The number of carbonyl (C=O) groups is 1. The van der Waals surface area contributed by atoms with E-state index in [0.717, 1.165) is 17.1 Å². The minimum atomic E-state index is -1.13. The number of non-ortho nitro benzene ring substituents is 1. The van der Waals surface area contributed by atoms with Gasteiger partial charge in [0.2, 0.25) is 0 Å². The topological polar surface area (TPSA) is 123 Å². The monoisotopic (exact) mass is 575 g/mol. The van der Waals surface area contributed by atoms with Crippen LogP contribution in [0.5, 0.6) is 0 Å². The molecule has 3 aromatic heterocycles. The third-order valence-corrected chi connectivity index (χ3v) is 7.16. The van der Waals surface area contributed by atoms with Crippen molar-refractivity contribution >= 4 is 11.7 Å². The average Bonchev–Trinajstić information content (AvgIpc) is 3.66. The number of aromatic nitrogens is 6. The number of benzene rings is 1. The molecule has 0 spiro atoms. The average molecular weight is 576 g/mol. The summed E-state index contributed by atoms with van der Waals surface area (Å²) < 4.78 is 11.3. The van der Waals surface area contributed by atoms with Gasteiger partial charge in [0, 0.05) is 53.4 Å². The molecule has 224 valence electrons. The van der Waals surface area contributed by atoms with Gasteiger partial charge >= 0.3 is 5.97 Å². The molecule has 11 heteroatoms. The quantitative estimate of drug-likeness (QED) is 0.143. The second-order valence-electron chi connectivity index (χ2n) is 13.7. The number of nitrogens with zero attached hydrogens (tertiary/aromatic N) is 7. The third kappa shape index (κ3) is 6.14. The normalized spacial score (nSPS) is 12.9. The zero-order chi connectivity index (χ0) is 31.1. The number of nitro benzene ring substituents is 1. The lowest BCUT2D eigenvalue weighted by molar-refractivity contribution is -0.384. The van der Waals surface area contributed by atoms with Crippen LogP contribution in [0.3, 0.4) is 0 Å². The van der Waals surface area contributed by atoms with Crippen molar-refractivity contribution in [1.29, 1.82) is 0 Å². The van der Waals surface area contributed by atoms with E-state index < -0.39 is 16.7 Å². The van der Waals surface area contributed by atoms with E-state index >= 15 is 0 Å². The summed E-state index contributed by atoms with van der Waals surface area (Å²) in [6.07, 6.45) is 5.98. The fourth-order valence-corrected chi connectivity index (χ4v) is 4.51. The van der Waals surface area contributed by atoms with Crippen molar-refractivity contribution in [2.75, 3.05) is 6.61 Å². The van der Waals surface area contributed by atoms with E-state index in [4.69, 9.17) is 20.0 Å². The Bertz CT molecular complexity index is 1430. The molecule has 4 aromatic rings. The van der Waals surface area contributed by atoms with Crippen molar-refractivity contribution < 1.29 is 14.5 Å². The van der Waals surface area contributed by atoms with Gasteiger partial charge in [-0.2, -0.15) is 15.3 Å². The maximum Gasteiger partial charge on any atom is 0.338 e. The number of ether oxygens (including phenoxy) is 1. The standard InChI is InChI=1S/C31H41N7O4/c1-28(2,3)24-14-18-35(32-24)31(36-19-15-25(33-36)29(4,5)6,37-20-16-26(34-37)30(7,8)9)17-21-42-27(39)22-10-12-23(13-11-22)38(40)41/h10-16,18-20H,17,21H2,1-9H3. The van der Waals surface area contributed by atoms with E-state index in [-0.39, 0.29) is 40.5 Å². The van der Waals surface area contributed by atoms with Gasteiger partial charge in [0.25, 0.3) is 11.5 Å². The Balaban J connectivity index is 1.81. The molecular formula is C31H41N7O4. The molecule has 11 nitrogen and oxygen atoms in total. The van der Waals surface area contributed by atoms with Crippen LogP contribution in [0, 0.1) is 10.1 Å². The van der Waals surface area contributed by atoms with Gasteiger partial charge in [-0.05, 0) is 30.3 Å². The number of esters is 1. The Labute approximate surface area is 246 Å². The zero-order valence-corrected chi connectivity index (χ0v) is 26.0. The summed E-state index contributed by atoms with van der Waals surface area (Å²) in [6, 6.07) is 11.3. The molecule has 0 aliphatic carbocycles. The van der Waals surface area contributed by atoms with Crippen LogP contribution in [0.15, 0.2) is 61.1 Å². The van der Waals surface area contributed by atoms with Gasteiger partial charge in [-0.1, -0.05) is 62.3 Å². The van der Waals surface area contributed by atoms with Crippen LogP contribution in [0.25, 0.3) is 0 Å². The highest BCUT2D eigenvalue weighted by molar-refractivity contribution is 5.89. The van der Waals surface area contributed by atoms with Crippen LogP contribution in [0.4, 0.5) is 5.69 Å². The first-order valence-corrected chi connectivity index (χ1v) is 14.0. The van der Waals surface area contributed by atoms with Crippen molar-refractivity contribution in [2.45, 2.75) is 90.8 Å². The zero-order valence-electron chi connectivity index (χ0n) is 26.0. The fourth-order valence-electron chi connectivity index (χ4n) is 4.51. The van der Waals surface area contributed by atoms with Gasteiger partial charge < -0.3 is 4.74 Å². The highest BCUT2D eigenvalue weighted by atomic mass is 16.6. The second-order valence-corrected chi connectivity index (χ2v) is 13.7. The van der Waals surface area contributed by atoms with Crippen molar-refractivity contribution in [2.24, 2.45) is 0 Å². The van der Waals surface area contributed by atoms with Crippen LogP contribution in [0.2, 0.25) is 0 Å². The summed E-state index contributed by atoms with van der Waals surface area (Å²) in [5, 5.41) is 26.1. The molecule has 4 rings (SSSR count). The van der Waals surface area contributed by atoms with Crippen LogP contribution in [-0.2, 0) is 26.8 Å². The third-order valence-electron chi connectivity index (χ3n) is 7.16. The molecule has 3 heterocycles. The maximum atomic E-state index is 13.0. The van der Waals surface area contributed by atoms with Crippen molar-refractivity contribution in [3.05, 3.63) is 93.8 Å². The summed E-state index contributed by atoms with van der Waals surface area (Å²) in [7, 11) is 0. The minimum absolute atomic E-state index is 0.00401. The Morgan fingerprint density at radius 3 is 1.40 bits per heavy atom. The van der Waals surface area contributed by atoms with Gasteiger partial charge in [0.15, 0.2) is 0 Å². The van der Waals surface area contributed by atoms with E-state index in [1.807, 2.05) is 50.8 Å². The molecule has 0 radical (unpaired) electrons. The predicted octanol–water partition coefficient (Wildman–Crippen LogP) is 6.03. The smallest absolute Gasteiger partial charge is 0.338 e. The first-order valence-electron chi connectivity index (χ1n) is 14.0. The number of hydrogen-bond donors (Lipinski definition) is 0. The van der Waals surface area contributed by atoms with Crippen molar-refractivity contribution in [1.82, 2.24) is 29.3 Å². The summed E-state index contributed by atoms with van der Waals surface area (Å²) in [5.41, 5.74) is 2.18. The largest absolute Gasteiger partial charge is 0.462 e. The summed E-state index contributed by atoms with van der Waals surface area (Å²) >= 11 is 0. The lowest BCUT2D eigenvalue weighted by Gasteiger charge is -2.35. The fraction of sp³-hybridized carbons (Fsp3) is 0.484. The van der Waals surface area contributed by atoms with Gasteiger partial charge in [-0.3, -0.25) is 10.1 Å². The molecule has 42 heavy (non-hydrogen) atoms. The predicted molar refractivity (Wildman–Crippen MR) is 160 cm³/mol. The minimum Gasteiger partial charge on any atom is -0.462 e. The molecule has 0 saturated carbocycles. The second kappa shape index (κ2) is 10.8. The summed E-state index contributed by atoms with van der Waals surface area (Å²) in [4.78, 5) is 23.5. The van der Waals surface area contributed by atoms with Gasteiger partial charge in [-0.15, -0.1) is 0 Å². The molecule has 0 aliphatic heterocycles. The molecule has 1 aromatic carbocycles. The van der Waals surface area contributed by atoms with Gasteiger partial charge in [-0.25, -0.2) is 18.8 Å². The lowest BCUT2D eigenvalue weighted by atomic mass is 9.93. The number of nitro groups is 1. The summed E-state index contributed by atoms with van der Waals surface area (Å²) in [5.74, 6) is -1.71. The molecule has 0 atom stereocenters. The van der Waals surface area contributed by atoms with Crippen molar-refractivity contribution in [3.8, 4) is 0 Å². The molecule has 0 saturated heterocycles. The number of rotatable bonds is 8. The SMILES string of the molecule is CC(C)(C)c1ccn(C(CCOC(=O)c2ccc([N+](=O)[O-])cc2)(n2ccc(C(C)(C)C)n2)n2ccc(C(C)(C)C)n2)n1. The number of hydrogen-bond acceptors (Lipinski definition) is 7. The van der Waals surface area contributed by atoms with Crippen LogP contribution >= 0.6 is 0 Å². The molecular weight excluding hydrogens is 534 g/mol.